The van der Waals surface area contributed by atoms with E-state index in [1.807, 2.05) is 35.2 Å². The Morgan fingerprint density at radius 1 is 0.913 bits per heavy atom. The van der Waals surface area contributed by atoms with E-state index in [-0.39, 0.29) is 13.2 Å². The number of benzene rings is 2. The minimum Gasteiger partial charge on any atom is -0.489 e. The summed E-state index contributed by atoms with van der Waals surface area (Å²) in [5.74, 6) is -1.12. The van der Waals surface area contributed by atoms with Gasteiger partial charge in [0, 0.05) is 18.1 Å². The van der Waals surface area contributed by atoms with Gasteiger partial charge in [0.15, 0.2) is 11.6 Å². The number of hydrogen-bond donors (Lipinski definition) is 1. The fourth-order valence-corrected chi connectivity index (χ4v) is 2.21. The van der Waals surface area contributed by atoms with Crippen LogP contribution in [-0.4, -0.2) is 9.67 Å². The van der Waals surface area contributed by atoms with Crippen molar-refractivity contribution in [1.29, 1.82) is 0 Å². The molecule has 3 rings (SSSR count). The van der Waals surface area contributed by atoms with E-state index >= 15 is 0 Å². The molecule has 0 saturated heterocycles. The molecular formula is C18H15F2NO2. The predicted molar refractivity (Wildman–Crippen MR) is 82.4 cm³/mol. The van der Waals surface area contributed by atoms with Crippen molar-refractivity contribution in [2.75, 3.05) is 0 Å². The van der Waals surface area contributed by atoms with Gasteiger partial charge in [-0.1, -0.05) is 6.07 Å². The highest BCUT2D eigenvalue weighted by atomic mass is 19.2. The zero-order chi connectivity index (χ0) is 16.2. The van der Waals surface area contributed by atoms with Crippen LogP contribution in [-0.2, 0) is 13.2 Å². The Balaban J connectivity index is 1.66. The van der Waals surface area contributed by atoms with Gasteiger partial charge in [-0.2, -0.15) is 0 Å². The Bertz CT molecular complexity index is 797. The number of nitrogens with zero attached hydrogens (tertiary/aromatic N) is 1. The second-order valence-electron chi connectivity index (χ2n) is 5.12. The summed E-state index contributed by atoms with van der Waals surface area (Å²) < 4.78 is 33.4. The zero-order valence-corrected chi connectivity index (χ0v) is 12.2. The molecule has 0 aliphatic rings. The molecule has 0 bridgehead atoms. The molecule has 3 nitrogen and oxygen atoms in total. The minimum absolute atomic E-state index is 0.00240. The lowest BCUT2D eigenvalue weighted by Gasteiger charge is -2.08. The molecule has 0 amide bonds. The van der Waals surface area contributed by atoms with Crippen molar-refractivity contribution in [3.63, 3.8) is 0 Å². The second kappa shape index (κ2) is 6.62. The van der Waals surface area contributed by atoms with Crippen LogP contribution in [0.2, 0.25) is 0 Å². The van der Waals surface area contributed by atoms with Gasteiger partial charge in [0.25, 0.3) is 0 Å². The van der Waals surface area contributed by atoms with Crippen molar-refractivity contribution in [2.45, 2.75) is 13.2 Å². The van der Waals surface area contributed by atoms with Gasteiger partial charge in [-0.25, -0.2) is 8.78 Å². The summed E-state index contributed by atoms with van der Waals surface area (Å²) in [6.07, 6.45) is 3.71. The maximum Gasteiger partial charge on any atom is 0.159 e. The van der Waals surface area contributed by atoms with E-state index in [0.717, 1.165) is 23.4 Å². The highest BCUT2D eigenvalue weighted by Gasteiger charge is 2.04. The maximum absolute atomic E-state index is 13.1. The van der Waals surface area contributed by atoms with E-state index in [2.05, 4.69) is 0 Å². The minimum atomic E-state index is -0.881. The number of aromatic nitrogens is 1. The number of halogens is 2. The molecule has 0 radical (unpaired) electrons. The molecule has 118 valence electrons. The van der Waals surface area contributed by atoms with E-state index in [4.69, 9.17) is 9.84 Å². The molecule has 0 aliphatic carbocycles. The maximum atomic E-state index is 13.1. The molecular weight excluding hydrogens is 300 g/mol. The molecule has 0 atom stereocenters. The number of aliphatic hydroxyl groups is 1. The third-order valence-corrected chi connectivity index (χ3v) is 3.46. The molecule has 0 aliphatic heterocycles. The van der Waals surface area contributed by atoms with Crippen LogP contribution >= 0.6 is 0 Å². The van der Waals surface area contributed by atoms with Crippen LogP contribution in [0.15, 0.2) is 60.9 Å². The molecule has 0 saturated carbocycles. The van der Waals surface area contributed by atoms with Gasteiger partial charge in [0.05, 0.1) is 6.61 Å². The topological polar surface area (TPSA) is 34.4 Å². The van der Waals surface area contributed by atoms with Crippen LogP contribution < -0.4 is 4.74 Å². The van der Waals surface area contributed by atoms with Crippen molar-refractivity contribution in [1.82, 2.24) is 4.57 Å². The Morgan fingerprint density at radius 3 is 2.35 bits per heavy atom. The SMILES string of the molecule is OCc1ccn(-c2ccc(OCc3ccc(F)c(F)c3)cc2)c1. The fourth-order valence-electron chi connectivity index (χ4n) is 2.21. The first kappa shape index (κ1) is 15.2. The van der Waals surface area contributed by atoms with Crippen molar-refractivity contribution in [3.05, 3.63) is 83.7 Å². The molecule has 0 fully saturated rings. The normalized spacial score (nSPS) is 10.7. The molecule has 1 aromatic heterocycles. The van der Waals surface area contributed by atoms with Gasteiger partial charge in [0.1, 0.15) is 12.4 Å². The average molecular weight is 315 g/mol. The number of hydrogen-bond acceptors (Lipinski definition) is 2. The average Bonchev–Trinajstić information content (AvgIpc) is 3.05. The van der Waals surface area contributed by atoms with E-state index in [1.54, 1.807) is 12.1 Å². The predicted octanol–water partition coefficient (Wildman–Crippen LogP) is 3.83. The largest absolute Gasteiger partial charge is 0.489 e. The highest BCUT2D eigenvalue weighted by Crippen LogP contribution is 2.18. The number of aliphatic hydroxyl groups excluding tert-OH is 1. The third-order valence-electron chi connectivity index (χ3n) is 3.46. The van der Waals surface area contributed by atoms with Gasteiger partial charge < -0.3 is 14.4 Å². The molecule has 2 aromatic carbocycles. The van der Waals surface area contributed by atoms with Gasteiger partial charge in [0.2, 0.25) is 0 Å². The van der Waals surface area contributed by atoms with Gasteiger partial charge in [-0.15, -0.1) is 0 Å². The molecule has 0 spiro atoms. The van der Waals surface area contributed by atoms with Crippen LogP contribution in [0, 0.1) is 11.6 Å². The summed E-state index contributed by atoms with van der Waals surface area (Å²) in [6.45, 7) is 0.164. The lowest BCUT2D eigenvalue weighted by atomic mass is 10.2. The smallest absolute Gasteiger partial charge is 0.159 e. The van der Waals surface area contributed by atoms with E-state index < -0.39 is 11.6 Å². The van der Waals surface area contributed by atoms with Gasteiger partial charge >= 0.3 is 0 Å². The molecule has 5 heteroatoms. The highest BCUT2D eigenvalue weighted by molar-refractivity contribution is 5.38. The first-order chi connectivity index (χ1) is 11.2. The summed E-state index contributed by atoms with van der Waals surface area (Å²) in [7, 11) is 0. The monoisotopic (exact) mass is 315 g/mol. The molecule has 3 aromatic rings. The van der Waals surface area contributed by atoms with Crippen LogP contribution in [0.5, 0.6) is 5.75 Å². The summed E-state index contributed by atoms with van der Waals surface area (Å²) in [5.41, 5.74) is 2.33. The lowest BCUT2D eigenvalue weighted by Crippen LogP contribution is -1.97. The Kier molecular flexibility index (Phi) is 4.39. The van der Waals surface area contributed by atoms with Crippen molar-refractivity contribution >= 4 is 0 Å². The van der Waals surface area contributed by atoms with E-state index in [9.17, 15) is 8.78 Å². The Hall–Kier alpha value is -2.66. The zero-order valence-electron chi connectivity index (χ0n) is 12.2. The Morgan fingerprint density at radius 2 is 1.70 bits per heavy atom. The third kappa shape index (κ3) is 3.57. The summed E-state index contributed by atoms with van der Waals surface area (Å²) in [4.78, 5) is 0. The quantitative estimate of drug-likeness (QED) is 0.776. The van der Waals surface area contributed by atoms with E-state index in [1.165, 1.54) is 6.07 Å². The Labute approximate surface area is 132 Å². The van der Waals surface area contributed by atoms with Crippen LogP contribution in [0.25, 0.3) is 5.69 Å². The molecule has 0 unspecified atom stereocenters. The van der Waals surface area contributed by atoms with Gasteiger partial charge in [-0.3, -0.25) is 0 Å². The standard InChI is InChI=1S/C18H15F2NO2/c19-17-6-1-13(9-18(17)20)12-23-16-4-2-15(3-5-16)21-8-7-14(10-21)11-22/h1-10,22H,11-12H2. The molecule has 1 N–H and O–H groups in total. The summed E-state index contributed by atoms with van der Waals surface area (Å²) in [6, 6.07) is 12.9. The van der Waals surface area contributed by atoms with Crippen LogP contribution in [0.1, 0.15) is 11.1 Å². The van der Waals surface area contributed by atoms with Crippen LogP contribution in [0.3, 0.4) is 0 Å². The van der Waals surface area contributed by atoms with E-state index in [0.29, 0.717) is 11.3 Å². The summed E-state index contributed by atoms with van der Waals surface area (Å²) >= 11 is 0. The molecule has 23 heavy (non-hydrogen) atoms. The molecule has 1 heterocycles. The fraction of sp³-hybridized carbons (Fsp3) is 0.111. The van der Waals surface area contributed by atoms with Crippen LogP contribution in [0.4, 0.5) is 8.78 Å². The van der Waals surface area contributed by atoms with Crippen molar-refractivity contribution in [3.8, 4) is 11.4 Å². The second-order valence-corrected chi connectivity index (χ2v) is 5.12. The number of ether oxygens (including phenoxy) is 1. The van der Waals surface area contributed by atoms with Crippen molar-refractivity contribution < 1.29 is 18.6 Å². The first-order valence-electron chi connectivity index (χ1n) is 7.10. The van der Waals surface area contributed by atoms with Gasteiger partial charge in [-0.05, 0) is 53.6 Å². The lowest BCUT2D eigenvalue weighted by molar-refractivity contribution is 0.282. The number of rotatable bonds is 5. The first-order valence-corrected chi connectivity index (χ1v) is 7.10. The van der Waals surface area contributed by atoms with Crippen molar-refractivity contribution in [2.24, 2.45) is 0 Å². The summed E-state index contributed by atoms with van der Waals surface area (Å²) in [5, 5.41) is 9.07.